The number of para-hydroxylation sites is 1. The van der Waals surface area contributed by atoms with Crippen molar-refractivity contribution in [3.8, 4) is 5.69 Å². The van der Waals surface area contributed by atoms with Gasteiger partial charge in [-0.25, -0.2) is 0 Å². The number of hydrogen-bond acceptors (Lipinski definition) is 6. The van der Waals surface area contributed by atoms with Crippen LogP contribution in [0, 0.1) is 0 Å². The van der Waals surface area contributed by atoms with E-state index in [9.17, 15) is 19.2 Å². The van der Waals surface area contributed by atoms with Gasteiger partial charge in [0.1, 0.15) is 6.04 Å². The third kappa shape index (κ3) is 3.77. The largest absolute Gasteiger partial charge is 0.469 e. The van der Waals surface area contributed by atoms with Crippen molar-refractivity contribution in [2.75, 3.05) is 20.2 Å². The van der Waals surface area contributed by atoms with Crippen LogP contribution in [0.25, 0.3) is 16.5 Å². The van der Waals surface area contributed by atoms with Gasteiger partial charge < -0.3 is 15.0 Å². The number of nitrogens with one attached hydrogen (secondary N) is 1. The Labute approximate surface area is 177 Å². The minimum Gasteiger partial charge on any atom is -0.469 e. The molecule has 1 aromatic heterocycles. The van der Waals surface area contributed by atoms with Gasteiger partial charge in [0, 0.05) is 18.5 Å². The lowest BCUT2D eigenvalue weighted by Gasteiger charge is -2.34. The number of carbonyl (C=O) groups excluding carboxylic acids is 3. The fourth-order valence-electron chi connectivity index (χ4n) is 3.63. The van der Waals surface area contributed by atoms with Gasteiger partial charge in [-0.05, 0) is 18.2 Å². The zero-order chi connectivity index (χ0) is 22.0. The molecule has 158 valence electrons. The summed E-state index contributed by atoms with van der Waals surface area (Å²) in [5.41, 5.74) is 0.180. The standard InChI is InChI=1S/C22H20N4O5/c1-31-18(27)13-17-20(28)23-11-12-25(17)22(30)19-15-9-5-6-10-16(15)21(29)26(24-19)14-7-3-2-4-8-14/h2-10,17H,11-13H2,1H3,(H,23,28). The predicted octanol–water partition coefficient (Wildman–Crippen LogP) is 0.889. The number of amides is 2. The van der Waals surface area contributed by atoms with E-state index >= 15 is 0 Å². The molecule has 1 aliphatic rings. The summed E-state index contributed by atoms with van der Waals surface area (Å²) in [6.07, 6.45) is -0.273. The molecule has 0 bridgehead atoms. The van der Waals surface area contributed by atoms with Crippen molar-refractivity contribution >= 4 is 28.6 Å². The van der Waals surface area contributed by atoms with E-state index in [-0.39, 0.29) is 30.8 Å². The van der Waals surface area contributed by atoms with Crippen LogP contribution >= 0.6 is 0 Å². The third-order valence-electron chi connectivity index (χ3n) is 5.19. The van der Waals surface area contributed by atoms with Gasteiger partial charge in [0.25, 0.3) is 11.5 Å². The molecule has 0 saturated carbocycles. The quantitative estimate of drug-likeness (QED) is 0.628. The van der Waals surface area contributed by atoms with E-state index < -0.39 is 23.8 Å². The molecule has 1 saturated heterocycles. The van der Waals surface area contributed by atoms with E-state index in [1.807, 2.05) is 6.07 Å². The zero-order valence-corrected chi connectivity index (χ0v) is 16.8. The fourth-order valence-corrected chi connectivity index (χ4v) is 3.63. The van der Waals surface area contributed by atoms with E-state index in [0.717, 1.165) is 0 Å². The number of benzene rings is 2. The Morgan fingerprint density at radius 2 is 1.74 bits per heavy atom. The van der Waals surface area contributed by atoms with Crippen LogP contribution in [0.5, 0.6) is 0 Å². The molecular weight excluding hydrogens is 400 g/mol. The number of piperazine rings is 1. The Bertz CT molecular complexity index is 1220. The number of esters is 1. The first kappa shape index (κ1) is 20.3. The van der Waals surface area contributed by atoms with Crippen LogP contribution < -0.4 is 10.9 Å². The lowest BCUT2D eigenvalue weighted by Crippen LogP contribution is -2.58. The highest BCUT2D eigenvalue weighted by Crippen LogP contribution is 2.20. The first-order valence-electron chi connectivity index (χ1n) is 9.74. The van der Waals surface area contributed by atoms with Crippen molar-refractivity contribution in [2.24, 2.45) is 0 Å². The van der Waals surface area contributed by atoms with Crippen LogP contribution in [0.2, 0.25) is 0 Å². The second kappa shape index (κ2) is 8.39. The van der Waals surface area contributed by atoms with Gasteiger partial charge in [-0.1, -0.05) is 36.4 Å². The first-order chi connectivity index (χ1) is 15.0. The number of rotatable bonds is 4. The Balaban J connectivity index is 1.85. The van der Waals surface area contributed by atoms with Crippen molar-refractivity contribution in [1.29, 1.82) is 0 Å². The van der Waals surface area contributed by atoms with Crippen LogP contribution in [0.1, 0.15) is 16.9 Å². The number of hydrogen-bond donors (Lipinski definition) is 1. The maximum absolute atomic E-state index is 13.6. The number of nitrogens with zero attached hydrogens (tertiary/aromatic N) is 3. The van der Waals surface area contributed by atoms with Crippen LogP contribution in [0.4, 0.5) is 0 Å². The molecule has 31 heavy (non-hydrogen) atoms. The van der Waals surface area contributed by atoms with Gasteiger partial charge in [-0.15, -0.1) is 0 Å². The molecule has 4 rings (SSSR count). The van der Waals surface area contributed by atoms with Gasteiger partial charge in [-0.2, -0.15) is 9.78 Å². The van der Waals surface area contributed by atoms with E-state index in [2.05, 4.69) is 15.2 Å². The number of fused-ring (bicyclic) bond motifs is 1. The van der Waals surface area contributed by atoms with E-state index in [4.69, 9.17) is 0 Å². The first-order valence-corrected chi connectivity index (χ1v) is 9.74. The molecule has 9 nitrogen and oxygen atoms in total. The highest BCUT2D eigenvalue weighted by atomic mass is 16.5. The van der Waals surface area contributed by atoms with Gasteiger partial charge in [0.2, 0.25) is 5.91 Å². The minimum atomic E-state index is -1.02. The summed E-state index contributed by atoms with van der Waals surface area (Å²) in [6, 6.07) is 14.4. The summed E-state index contributed by atoms with van der Waals surface area (Å²) in [4.78, 5) is 52.1. The molecule has 1 fully saturated rings. The monoisotopic (exact) mass is 420 g/mol. The molecule has 2 aromatic carbocycles. The fraction of sp³-hybridized carbons (Fsp3) is 0.227. The number of aromatic nitrogens is 2. The predicted molar refractivity (Wildman–Crippen MR) is 112 cm³/mol. The molecule has 1 N–H and O–H groups in total. The second-order valence-corrected chi connectivity index (χ2v) is 7.03. The van der Waals surface area contributed by atoms with Crippen molar-refractivity contribution in [2.45, 2.75) is 12.5 Å². The lowest BCUT2D eigenvalue weighted by atomic mass is 10.1. The molecule has 1 aliphatic heterocycles. The lowest BCUT2D eigenvalue weighted by molar-refractivity contribution is -0.145. The van der Waals surface area contributed by atoms with Crippen LogP contribution in [-0.2, 0) is 14.3 Å². The SMILES string of the molecule is COC(=O)CC1C(=O)NCCN1C(=O)c1nn(-c2ccccc2)c(=O)c2ccccc12. The van der Waals surface area contributed by atoms with Crippen molar-refractivity contribution in [1.82, 2.24) is 20.0 Å². The van der Waals surface area contributed by atoms with Crippen molar-refractivity contribution < 1.29 is 19.1 Å². The molecule has 0 radical (unpaired) electrons. The van der Waals surface area contributed by atoms with Gasteiger partial charge in [0.15, 0.2) is 5.69 Å². The van der Waals surface area contributed by atoms with Gasteiger partial charge in [-0.3, -0.25) is 19.2 Å². The Morgan fingerprint density at radius 1 is 1.06 bits per heavy atom. The topological polar surface area (TPSA) is 111 Å². The van der Waals surface area contributed by atoms with E-state index in [1.54, 1.807) is 48.5 Å². The average Bonchev–Trinajstić information content (AvgIpc) is 2.81. The molecular formula is C22H20N4O5. The molecule has 0 spiro atoms. The summed E-state index contributed by atoms with van der Waals surface area (Å²) in [5, 5.41) is 7.75. The molecule has 3 aromatic rings. The van der Waals surface area contributed by atoms with Crippen molar-refractivity contribution in [3.05, 3.63) is 70.6 Å². The van der Waals surface area contributed by atoms with Gasteiger partial charge >= 0.3 is 5.97 Å². The second-order valence-electron chi connectivity index (χ2n) is 7.03. The van der Waals surface area contributed by atoms with Crippen LogP contribution in [0.3, 0.4) is 0 Å². The van der Waals surface area contributed by atoms with Crippen LogP contribution in [0.15, 0.2) is 59.4 Å². The van der Waals surface area contributed by atoms with Crippen LogP contribution in [-0.4, -0.2) is 58.7 Å². The Hall–Kier alpha value is -4.01. The molecule has 1 atom stereocenters. The average molecular weight is 420 g/mol. The summed E-state index contributed by atoms with van der Waals surface area (Å²) in [7, 11) is 1.22. The zero-order valence-electron chi connectivity index (χ0n) is 16.8. The smallest absolute Gasteiger partial charge is 0.308 e. The highest BCUT2D eigenvalue weighted by molar-refractivity contribution is 6.06. The summed E-state index contributed by atoms with van der Waals surface area (Å²) >= 11 is 0. The third-order valence-corrected chi connectivity index (χ3v) is 5.19. The normalized spacial score (nSPS) is 16.1. The number of methoxy groups -OCH3 is 1. The molecule has 0 aliphatic carbocycles. The molecule has 2 heterocycles. The van der Waals surface area contributed by atoms with Gasteiger partial charge in [0.05, 0.1) is 24.6 Å². The maximum atomic E-state index is 13.6. The summed E-state index contributed by atoms with van der Waals surface area (Å²) in [5.74, 6) is -1.58. The Kier molecular flexibility index (Phi) is 5.48. The molecule has 9 heteroatoms. The number of carbonyl (C=O) groups is 3. The van der Waals surface area contributed by atoms with E-state index in [1.165, 1.54) is 16.7 Å². The highest BCUT2D eigenvalue weighted by Gasteiger charge is 2.37. The summed E-state index contributed by atoms with van der Waals surface area (Å²) in [6.45, 7) is 0.450. The minimum absolute atomic E-state index is 0.0311. The Morgan fingerprint density at radius 3 is 2.45 bits per heavy atom. The van der Waals surface area contributed by atoms with E-state index in [0.29, 0.717) is 16.5 Å². The maximum Gasteiger partial charge on any atom is 0.308 e. The van der Waals surface area contributed by atoms with Crippen molar-refractivity contribution in [3.63, 3.8) is 0 Å². The summed E-state index contributed by atoms with van der Waals surface area (Å²) < 4.78 is 5.86. The molecule has 2 amide bonds. The number of ether oxygens (including phenoxy) is 1. The molecule has 1 unspecified atom stereocenters.